The molecule has 2 aromatic rings. The van der Waals surface area contributed by atoms with Gasteiger partial charge in [-0.05, 0) is 56.3 Å². The molecule has 22 heavy (non-hydrogen) atoms. The van der Waals surface area contributed by atoms with Gasteiger partial charge in [-0.2, -0.15) is 0 Å². The Morgan fingerprint density at radius 3 is 2.27 bits per heavy atom. The van der Waals surface area contributed by atoms with Crippen molar-refractivity contribution in [2.45, 2.75) is 13.8 Å². The molecule has 2 aromatic carbocycles. The predicted molar refractivity (Wildman–Crippen MR) is 84.8 cm³/mol. The lowest BCUT2D eigenvalue weighted by Crippen LogP contribution is -2.12. The molecule has 0 saturated heterocycles. The lowest BCUT2D eigenvalue weighted by atomic mass is 10.1. The number of rotatable bonds is 6. The van der Waals surface area contributed by atoms with Crippen LogP contribution in [0.25, 0.3) is 0 Å². The van der Waals surface area contributed by atoms with Gasteiger partial charge in [0.1, 0.15) is 5.75 Å². The summed E-state index contributed by atoms with van der Waals surface area (Å²) in [6.07, 6.45) is 0. The molecular formula is C17H19NO4. The number of phenols is 1. The Bertz CT molecular complexity index is 638. The monoisotopic (exact) mass is 301 g/mol. The number of carbonyl (C=O) groups is 1. The number of carbonyl (C=O) groups excluding carboxylic acids is 1. The number of aromatic hydroxyl groups is 1. The molecule has 0 radical (unpaired) electrons. The van der Waals surface area contributed by atoms with E-state index in [9.17, 15) is 9.90 Å². The Kier molecular flexibility index (Phi) is 5.25. The Balaban J connectivity index is 2.18. The van der Waals surface area contributed by atoms with E-state index >= 15 is 0 Å². The SMILES string of the molecule is CCOc1ccc(C(=O)Nc2ccc(O)cc2)cc1OCC. The molecule has 1 amide bonds. The minimum atomic E-state index is -0.255. The fourth-order valence-corrected chi connectivity index (χ4v) is 1.94. The number of amides is 1. The molecular weight excluding hydrogens is 282 g/mol. The second kappa shape index (κ2) is 7.36. The molecule has 0 heterocycles. The standard InChI is InChI=1S/C17H19NO4/c1-3-21-15-10-5-12(11-16(15)22-4-2)17(20)18-13-6-8-14(19)9-7-13/h5-11,19H,3-4H2,1-2H3,(H,18,20). The maximum atomic E-state index is 12.3. The fourth-order valence-electron chi connectivity index (χ4n) is 1.94. The minimum Gasteiger partial charge on any atom is -0.508 e. The zero-order valence-electron chi connectivity index (χ0n) is 12.6. The summed E-state index contributed by atoms with van der Waals surface area (Å²) in [4.78, 5) is 12.3. The van der Waals surface area contributed by atoms with Gasteiger partial charge in [0.05, 0.1) is 13.2 Å². The van der Waals surface area contributed by atoms with Gasteiger partial charge in [0.15, 0.2) is 11.5 Å². The van der Waals surface area contributed by atoms with Crippen molar-refractivity contribution in [2.24, 2.45) is 0 Å². The third-order valence-electron chi connectivity index (χ3n) is 2.93. The van der Waals surface area contributed by atoms with E-state index in [4.69, 9.17) is 9.47 Å². The number of hydrogen-bond donors (Lipinski definition) is 2. The van der Waals surface area contributed by atoms with Crippen LogP contribution in [-0.2, 0) is 0 Å². The van der Waals surface area contributed by atoms with E-state index < -0.39 is 0 Å². The predicted octanol–water partition coefficient (Wildman–Crippen LogP) is 3.44. The summed E-state index contributed by atoms with van der Waals surface area (Å²) in [5, 5.41) is 12.0. The smallest absolute Gasteiger partial charge is 0.255 e. The van der Waals surface area contributed by atoms with E-state index in [-0.39, 0.29) is 11.7 Å². The molecule has 0 bridgehead atoms. The lowest BCUT2D eigenvalue weighted by Gasteiger charge is -2.12. The molecule has 5 heteroatoms. The van der Waals surface area contributed by atoms with Gasteiger partial charge in [0, 0.05) is 11.3 Å². The van der Waals surface area contributed by atoms with Gasteiger partial charge in [0.25, 0.3) is 5.91 Å². The molecule has 5 nitrogen and oxygen atoms in total. The summed E-state index contributed by atoms with van der Waals surface area (Å²) in [6.45, 7) is 4.78. The van der Waals surface area contributed by atoms with Crippen LogP contribution in [-0.4, -0.2) is 24.2 Å². The fraction of sp³-hybridized carbons (Fsp3) is 0.235. The molecule has 0 aliphatic carbocycles. The van der Waals surface area contributed by atoms with E-state index in [0.717, 1.165) is 0 Å². The third kappa shape index (κ3) is 3.91. The lowest BCUT2D eigenvalue weighted by molar-refractivity contribution is 0.102. The summed E-state index contributed by atoms with van der Waals surface area (Å²) in [5.41, 5.74) is 1.08. The van der Waals surface area contributed by atoms with E-state index in [0.29, 0.717) is 36.0 Å². The first-order valence-electron chi connectivity index (χ1n) is 7.14. The van der Waals surface area contributed by atoms with E-state index in [1.165, 1.54) is 12.1 Å². The van der Waals surface area contributed by atoms with Crippen molar-refractivity contribution in [2.75, 3.05) is 18.5 Å². The highest BCUT2D eigenvalue weighted by Gasteiger charge is 2.11. The number of phenolic OH excluding ortho intramolecular Hbond substituents is 1. The number of anilines is 1. The third-order valence-corrected chi connectivity index (χ3v) is 2.93. The first-order valence-corrected chi connectivity index (χ1v) is 7.14. The second-order valence-electron chi connectivity index (χ2n) is 4.53. The summed E-state index contributed by atoms with van der Waals surface area (Å²) < 4.78 is 11.0. The van der Waals surface area contributed by atoms with Crippen LogP contribution < -0.4 is 14.8 Å². The topological polar surface area (TPSA) is 67.8 Å². The molecule has 2 N–H and O–H groups in total. The van der Waals surface area contributed by atoms with Crippen molar-refractivity contribution in [1.82, 2.24) is 0 Å². The minimum absolute atomic E-state index is 0.151. The molecule has 0 fully saturated rings. The van der Waals surface area contributed by atoms with Crippen molar-refractivity contribution in [3.8, 4) is 17.2 Å². The van der Waals surface area contributed by atoms with Gasteiger partial charge in [-0.25, -0.2) is 0 Å². The summed E-state index contributed by atoms with van der Waals surface area (Å²) in [7, 11) is 0. The summed E-state index contributed by atoms with van der Waals surface area (Å²) >= 11 is 0. The van der Waals surface area contributed by atoms with Crippen LogP contribution in [0, 0.1) is 0 Å². The Labute approximate surface area is 129 Å². The summed E-state index contributed by atoms with van der Waals surface area (Å²) in [6, 6.07) is 11.4. The first-order chi connectivity index (χ1) is 10.6. The number of hydrogen-bond acceptors (Lipinski definition) is 4. The maximum absolute atomic E-state index is 12.3. The molecule has 0 saturated carbocycles. The van der Waals surface area contributed by atoms with Crippen LogP contribution in [0.5, 0.6) is 17.2 Å². The van der Waals surface area contributed by atoms with Crippen LogP contribution in [0.2, 0.25) is 0 Å². The first kappa shape index (κ1) is 15.7. The number of nitrogens with one attached hydrogen (secondary N) is 1. The molecule has 0 aliphatic rings. The molecule has 0 aliphatic heterocycles. The molecule has 0 atom stereocenters. The van der Waals surface area contributed by atoms with Crippen LogP contribution in [0.15, 0.2) is 42.5 Å². The number of ether oxygens (including phenoxy) is 2. The Hall–Kier alpha value is -2.69. The van der Waals surface area contributed by atoms with Crippen LogP contribution in [0.3, 0.4) is 0 Å². The van der Waals surface area contributed by atoms with Gasteiger partial charge >= 0.3 is 0 Å². The van der Waals surface area contributed by atoms with E-state index in [1.807, 2.05) is 13.8 Å². The van der Waals surface area contributed by atoms with Crippen molar-refractivity contribution in [3.63, 3.8) is 0 Å². The molecule has 0 spiro atoms. The average molecular weight is 301 g/mol. The quantitative estimate of drug-likeness (QED) is 0.802. The summed E-state index contributed by atoms with van der Waals surface area (Å²) in [5.74, 6) is 1.06. The Morgan fingerprint density at radius 1 is 1.00 bits per heavy atom. The van der Waals surface area contributed by atoms with E-state index in [2.05, 4.69) is 5.32 Å². The van der Waals surface area contributed by atoms with Gasteiger partial charge in [-0.1, -0.05) is 0 Å². The maximum Gasteiger partial charge on any atom is 0.255 e. The average Bonchev–Trinajstić information content (AvgIpc) is 2.51. The van der Waals surface area contributed by atoms with Crippen LogP contribution in [0.1, 0.15) is 24.2 Å². The Morgan fingerprint density at radius 2 is 1.64 bits per heavy atom. The molecule has 0 aromatic heterocycles. The highest BCUT2D eigenvalue weighted by molar-refractivity contribution is 6.04. The van der Waals surface area contributed by atoms with Gasteiger partial charge in [-0.3, -0.25) is 4.79 Å². The zero-order valence-corrected chi connectivity index (χ0v) is 12.6. The van der Waals surface area contributed by atoms with E-state index in [1.54, 1.807) is 30.3 Å². The largest absolute Gasteiger partial charge is 0.508 e. The molecule has 116 valence electrons. The zero-order chi connectivity index (χ0) is 15.9. The van der Waals surface area contributed by atoms with Gasteiger partial charge in [-0.15, -0.1) is 0 Å². The van der Waals surface area contributed by atoms with Crippen LogP contribution in [0.4, 0.5) is 5.69 Å². The van der Waals surface area contributed by atoms with Crippen molar-refractivity contribution < 1.29 is 19.4 Å². The van der Waals surface area contributed by atoms with Crippen molar-refractivity contribution in [3.05, 3.63) is 48.0 Å². The normalized spacial score (nSPS) is 10.1. The second-order valence-corrected chi connectivity index (χ2v) is 4.53. The molecule has 2 rings (SSSR count). The van der Waals surface area contributed by atoms with Crippen LogP contribution >= 0.6 is 0 Å². The van der Waals surface area contributed by atoms with Gasteiger partial charge < -0.3 is 19.9 Å². The number of benzene rings is 2. The highest BCUT2D eigenvalue weighted by atomic mass is 16.5. The van der Waals surface area contributed by atoms with Gasteiger partial charge in [0.2, 0.25) is 0 Å². The molecule has 0 unspecified atom stereocenters. The highest BCUT2D eigenvalue weighted by Crippen LogP contribution is 2.29. The van der Waals surface area contributed by atoms with Crippen molar-refractivity contribution in [1.29, 1.82) is 0 Å². The van der Waals surface area contributed by atoms with Crippen molar-refractivity contribution >= 4 is 11.6 Å².